The van der Waals surface area contributed by atoms with E-state index in [4.69, 9.17) is 0 Å². The Morgan fingerprint density at radius 1 is 1.35 bits per heavy atom. The smallest absolute Gasteiger partial charge is 0.319 e. The fourth-order valence-electron chi connectivity index (χ4n) is 2.85. The molecule has 0 aliphatic heterocycles. The summed E-state index contributed by atoms with van der Waals surface area (Å²) in [6, 6.07) is 8.66. The monoisotopic (exact) mass is 312 g/mol. The Hall–Kier alpha value is -2.76. The number of aromatic nitrogens is 1. The first-order valence-electron chi connectivity index (χ1n) is 7.56. The number of pyridine rings is 1. The molecule has 0 saturated heterocycles. The van der Waals surface area contributed by atoms with E-state index in [9.17, 15) is 9.90 Å². The number of amides is 2. The Bertz CT molecular complexity index is 730. The van der Waals surface area contributed by atoms with Crippen molar-refractivity contribution in [3.8, 4) is 5.75 Å². The fraction of sp³-hybridized carbons (Fsp3) is 0.294. The van der Waals surface area contributed by atoms with Gasteiger partial charge < -0.3 is 20.6 Å². The van der Waals surface area contributed by atoms with Crippen LogP contribution >= 0.6 is 0 Å². The average molecular weight is 312 g/mol. The maximum atomic E-state index is 12.2. The summed E-state index contributed by atoms with van der Waals surface area (Å²) in [6.45, 7) is 0. The molecule has 120 valence electrons. The summed E-state index contributed by atoms with van der Waals surface area (Å²) >= 11 is 0. The third kappa shape index (κ3) is 3.21. The van der Waals surface area contributed by atoms with Gasteiger partial charge >= 0.3 is 6.03 Å². The molecule has 1 aliphatic carbocycles. The molecule has 0 fully saturated rings. The quantitative estimate of drug-likeness (QED) is 0.814. The minimum absolute atomic E-state index is 0.0766. The van der Waals surface area contributed by atoms with Gasteiger partial charge in [-0.3, -0.25) is 0 Å². The number of hydrogen-bond acceptors (Lipinski definition) is 4. The lowest BCUT2D eigenvalue weighted by molar-refractivity contribution is 0.248. The first-order valence-corrected chi connectivity index (χ1v) is 7.56. The minimum atomic E-state index is -0.262. The van der Waals surface area contributed by atoms with E-state index >= 15 is 0 Å². The Morgan fingerprint density at radius 2 is 2.17 bits per heavy atom. The van der Waals surface area contributed by atoms with Crippen LogP contribution in [0, 0.1) is 0 Å². The molecule has 1 aromatic heterocycles. The Balaban J connectivity index is 1.67. The number of rotatable bonds is 3. The third-order valence-corrected chi connectivity index (χ3v) is 4.01. The van der Waals surface area contributed by atoms with Crippen molar-refractivity contribution in [2.45, 2.75) is 18.9 Å². The van der Waals surface area contributed by atoms with E-state index in [1.807, 2.05) is 31.1 Å². The largest absolute Gasteiger partial charge is 0.508 e. The second kappa shape index (κ2) is 6.16. The molecule has 0 saturated carbocycles. The number of urea groups is 1. The second-order valence-corrected chi connectivity index (χ2v) is 5.83. The van der Waals surface area contributed by atoms with Gasteiger partial charge in [-0.2, -0.15) is 0 Å². The first kappa shape index (κ1) is 15.1. The van der Waals surface area contributed by atoms with Crippen LogP contribution in [0.4, 0.5) is 16.3 Å². The number of carbonyl (C=O) groups excluding carboxylic acids is 1. The lowest BCUT2D eigenvalue weighted by Crippen LogP contribution is -2.31. The number of aromatic hydroxyl groups is 1. The van der Waals surface area contributed by atoms with E-state index in [0.717, 1.165) is 29.8 Å². The molecule has 2 amide bonds. The third-order valence-electron chi connectivity index (χ3n) is 4.01. The summed E-state index contributed by atoms with van der Waals surface area (Å²) in [5, 5.41) is 15.7. The van der Waals surface area contributed by atoms with Crippen molar-refractivity contribution >= 4 is 17.5 Å². The van der Waals surface area contributed by atoms with Gasteiger partial charge in [0, 0.05) is 32.0 Å². The Kier molecular flexibility index (Phi) is 4.06. The molecule has 1 heterocycles. The predicted molar refractivity (Wildman–Crippen MR) is 89.9 cm³/mol. The molecule has 3 N–H and O–H groups in total. The van der Waals surface area contributed by atoms with Gasteiger partial charge in [-0.05, 0) is 36.1 Å². The van der Waals surface area contributed by atoms with Gasteiger partial charge in [-0.25, -0.2) is 9.78 Å². The zero-order chi connectivity index (χ0) is 16.4. The topological polar surface area (TPSA) is 77.5 Å². The normalized spacial score (nSPS) is 15.8. The molecule has 0 bridgehead atoms. The van der Waals surface area contributed by atoms with Crippen LogP contribution in [0.5, 0.6) is 5.75 Å². The highest BCUT2D eigenvalue weighted by Gasteiger charge is 2.25. The number of hydrogen-bond donors (Lipinski definition) is 3. The summed E-state index contributed by atoms with van der Waals surface area (Å²) in [4.78, 5) is 18.3. The van der Waals surface area contributed by atoms with Gasteiger partial charge in [0.2, 0.25) is 0 Å². The summed E-state index contributed by atoms with van der Waals surface area (Å²) in [5.41, 5.74) is 2.61. The summed E-state index contributed by atoms with van der Waals surface area (Å²) in [7, 11) is 3.79. The van der Waals surface area contributed by atoms with Gasteiger partial charge in [-0.1, -0.05) is 12.1 Å². The first-order chi connectivity index (χ1) is 11.0. The van der Waals surface area contributed by atoms with E-state index in [-0.39, 0.29) is 12.1 Å². The summed E-state index contributed by atoms with van der Waals surface area (Å²) in [6.07, 6.45) is 3.22. The highest BCUT2D eigenvalue weighted by Crippen LogP contribution is 2.36. The molecule has 2 aromatic rings. The molecule has 0 spiro atoms. The molecule has 1 atom stereocenters. The molecule has 3 rings (SSSR count). The zero-order valence-electron chi connectivity index (χ0n) is 13.2. The molecular weight excluding hydrogens is 292 g/mol. The lowest BCUT2D eigenvalue weighted by atomic mass is 10.1. The Labute approximate surface area is 135 Å². The van der Waals surface area contributed by atoms with Crippen LogP contribution < -0.4 is 15.5 Å². The second-order valence-electron chi connectivity index (χ2n) is 5.83. The van der Waals surface area contributed by atoms with Crippen LogP contribution in [0.25, 0.3) is 0 Å². The van der Waals surface area contributed by atoms with E-state index < -0.39 is 0 Å². The van der Waals surface area contributed by atoms with Crippen LogP contribution in [-0.4, -0.2) is 30.2 Å². The zero-order valence-corrected chi connectivity index (χ0v) is 13.2. The lowest BCUT2D eigenvalue weighted by Gasteiger charge is -2.16. The number of phenols is 1. The van der Waals surface area contributed by atoms with Crippen LogP contribution in [0.15, 0.2) is 36.5 Å². The van der Waals surface area contributed by atoms with Gasteiger partial charge in [-0.15, -0.1) is 0 Å². The number of phenolic OH excluding ortho intramolecular Hbond substituents is 1. The molecule has 23 heavy (non-hydrogen) atoms. The van der Waals surface area contributed by atoms with Crippen LogP contribution in [0.1, 0.15) is 23.6 Å². The number of nitrogens with zero attached hydrogens (tertiary/aromatic N) is 2. The number of anilines is 2. The van der Waals surface area contributed by atoms with E-state index in [2.05, 4.69) is 15.6 Å². The van der Waals surface area contributed by atoms with Crippen molar-refractivity contribution in [3.05, 3.63) is 47.7 Å². The number of fused-ring (bicyclic) bond motifs is 1. The molecule has 1 unspecified atom stereocenters. The number of benzene rings is 1. The predicted octanol–water partition coefficient (Wildman–Crippen LogP) is 2.66. The van der Waals surface area contributed by atoms with Crippen molar-refractivity contribution in [3.63, 3.8) is 0 Å². The van der Waals surface area contributed by atoms with E-state index in [1.54, 1.807) is 24.4 Å². The van der Waals surface area contributed by atoms with Crippen molar-refractivity contribution in [2.24, 2.45) is 0 Å². The highest BCUT2D eigenvalue weighted by atomic mass is 16.3. The maximum Gasteiger partial charge on any atom is 0.319 e. The van der Waals surface area contributed by atoms with Gasteiger partial charge in [0.25, 0.3) is 0 Å². The van der Waals surface area contributed by atoms with Crippen molar-refractivity contribution in [1.82, 2.24) is 10.3 Å². The summed E-state index contributed by atoms with van der Waals surface area (Å²) < 4.78 is 0. The SMILES string of the molecule is CN(C)c1cc(NC(=O)NC2CCc3c(O)cccc32)ccn1. The van der Waals surface area contributed by atoms with Crippen LogP contribution in [0.2, 0.25) is 0 Å². The molecule has 0 radical (unpaired) electrons. The molecular formula is C17H20N4O2. The van der Waals surface area contributed by atoms with Crippen molar-refractivity contribution in [1.29, 1.82) is 0 Å². The number of nitrogens with one attached hydrogen (secondary N) is 2. The van der Waals surface area contributed by atoms with Gasteiger partial charge in [0.15, 0.2) is 0 Å². The van der Waals surface area contributed by atoms with Crippen molar-refractivity contribution in [2.75, 3.05) is 24.3 Å². The van der Waals surface area contributed by atoms with E-state index in [0.29, 0.717) is 11.4 Å². The van der Waals surface area contributed by atoms with Crippen LogP contribution in [-0.2, 0) is 6.42 Å². The fourth-order valence-corrected chi connectivity index (χ4v) is 2.85. The maximum absolute atomic E-state index is 12.2. The molecule has 6 heteroatoms. The summed E-state index contributed by atoms with van der Waals surface area (Å²) in [5.74, 6) is 1.08. The van der Waals surface area contributed by atoms with Gasteiger partial charge in [0.05, 0.1) is 6.04 Å². The van der Waals surface area contributed by atoms with Crippen molar-refractivity contribution < 1.29 is 9.90 Å². The highest BCUT2D eigenvalue weighted by molar-refractivity contribution is 5.90. The Morgan fingerprint density at radius 3 is 2.96 bits per heavy atom. The molecule has 6 nitrogen and oxygen atoms in total. The molecule has 1 aliphatic rings. The molecule has 1 aromatic carbocycles. The average Bonchev–Trinajstić information content (AvgIpc) is 2.92. The van der Waals surface area contributed by atoms with E-state index in [1.165, 1.54) is 0 Å². The van der Waals surface area contributed by atoms with Crippen LogP contribution in [0.3, 0.4) is 0 Å². The standard InChI is InChI=1S/C17H20N4O2/c1-21(2)16-10-11(8-9-18-16)19-17(23)20-14-7-6-13-12(14)4-3-5-15(13)22/h3-5,8-10,14,22H,6-7H2,1-2H3,(H2,18,19,20,23). The van der Waals surface area contributed by atoms with Gasteiger partial charge in [0.1, 0.15) is 11.6 Å². The minimum Gasteiger partial charge on any atom is -0.508 e. The number of carbonyl (C=O) groups is 1.